The molecule has 0 heterocycles. The standard InChI is InChI=1S/C23H20ClF3N2O4S/c1-15-6-9-19(10-7-15)34(31,32)29(18-8-11-21(33-2)20(24)13-18)14-22(30)28-17-5-3-4-16(12-17)23(25,26)27/h3-13H,14H2,1-2H3,(H,28,30). The van der Waals surface area contributed by atoms with Crippen LogP contribution in [0.15, 0.2) is 71.6 Å². The molecule has 0 aliphatic rings. The molecule has 6 nitrogen and oxygen atoms in total. The first kappa shape index (κ1) is 25.4. The zero-order valence-corrected chi connectivity index (χ0v) is 19.6. The van der Waals surface area contributed by atoms with Crippen LogP contribution in [-0.2, 0) is 21.0 Å². The fraction of sp³-hybridized carbons (Fsp3) is 0.174. The highest BCUT2D eigenvalue weighted by Gasteiger charge is 2.31. The summed E-state index contributed by atoms with van der Waals surface area (Å²) in [7, 11) is -2.84. The van der Waals surface area contributed by atoms with E-state index in [0.717, 1.165) is 28.1 Å². The Hall–Kier alpha value is -3.24. The monoisotopic (exact) mass is 512 g/mol. The largest absolute Gasteiger partial charge is 0.495 e. The average molecular weight is 513 g/mol. The molecular formula is C23H20ClF3N2O4S. The van der Waals surface area contributed by atoms with E-state index in [1.807, 2.05) is 0 Å². The van der Waals surface area contributed by atoms with Gasteiger partial charge < -0.3 is 10.1 Å². The van der Waals surface area contributed by atoms with E-state index in [2.05, 4.69) is 5.32 Å². The number of anilines is 2. The van der Waals surface area contributed by atoms with Crippen molar-refractivity contribution >= 4 is 38.9 Å². The van der Waals surface area contributed by atoms with Crippen LogP contribution in [0.3, 0.4) is 0 Å². The van der Waals surface area contributed by atoms with Gasteiger partial charge in [0.05, 0.1) is 28.3 Å². The van der Waals surface area contributed by atoms with Gasteiger partial charge in [-0.05, 0) is 55.5 Å². The Bertz CT molecular complexity index is 1300. The van der Waals surface area contributed by atoms with Crippen LogP contribution in [0.2, 0.25) is 5.02 Å². The molecule has 3 aromatic rings. The number of hydrogen-bond donors (Lipinski definition) is 1. The Morgan fingerprint density at radius 2 is 1.74 bits per heavy atom. The van der Waals surface area contributed by atoms with Crippen molar-refractivity contribution in [3.05, 3.63) is 82.9 Å². The number of nitrogens with zero attached hydrogens (tertiary/aromatic N) is 1. The summed E-state index contributed by atoms with van der Waals surface area (Å²) in [5.41, 5.74) is -0.164. The third-order valence-electron chi connectivity index (χ3n) is 4.79. The minimum atomic E-state index is -4.60. The van der Waals surface area contributed by atoms with Gasteiger partial charge in [0.25, 0.3) is 10.0 Å². The lowest BCUT2D eigenvalue weighted by Gasteiger charge is -2.25. The van der Waals surface area contributed by atoms with Gasteiger partial charge in [0.15, 0.2) is 0 Å². The smallest absolute Gasteiger partial charge is 0.416 e. The van der Waals surface area contributed by atoms with Crippen LogP contribution in [0.4, 0.5) is 24.5 Å². The van der Waals surface area contributed by atoms with E-state index in [4.69, 9.17) is 16.3 Å². The average Bonchev–Trinajstić information content (AvgIpc) is 2.77. The van der Waals surface area contributed by atoms with E-state index in [1.165, 1.54) is 43.5 Å². The molecule has 0 aliphatic heterocycles. The highest BCUT2D eigenvalue weighted by atomic mass is 35.5. The Kier molecular flexibility index (Phi) is 7.42. The third-order valence-corrected chi connectivity index (χ3v) is 6.88. The van der Waals surface area contributed by atoms with E-state index >= 15 is 0 Å². The normalized spacial score (nSPS) is 11.7. The first-order chi connectivity index (χ1) is 15.9. The highest BCUT2D eigenvalue weighted by molar-refractivity contribution is 7.92. The van der Waals surface area contributed by atoms with Crippen LogP contribution in [-0.4, -0.2) is 28.0 Å². The number of carbonyl (C=O) groups excluding carboxylic acids is 1. The molecule has 0 spiro atoms. The third kappa shape index (κ3) is 5.81. The number of benzene rings is 3. The first-order valence-corrected chi connectivity index (χ1v) is 11.6. The molecule has 0 saturated heterocycles. The molecule has 0 atom stereocenters. The number of methoxy groups -OCH3 is 1. The number of halogens is 4. The molecule has 0 radical (unpaired) electrons. The number of ether oxygens (including phenoxy) is 1. The number of hydrogen-bond acceptors (Lipinski definition) is 4. The molecule has 11 heteroatoms. The van der Waals surface area contributed by atoms with Crippen LogP contribution >= 0.6 is 11.6 Å². The number of rotatable bonds is 7. The maximum Gasteiger partial charge on any atom is 0.416 e. The first-order valence-electron chi connectivity index (χ1n) is 9.82. The fourth-order valence-corrected chi connectivity index (χ4v) is 4.73. The van der Waals surface area contributed by atoms with Crippen molar-refractivity contribution in [3.8, 4) is 5.75 Å². The number of alkyl halides is 3. The predicted molar refractivity (Wildman–Crippen MR) is 124 cm³/mol. The number of carbonyl (C=O) groups is 1. The van der Waals surface area contributed by atoms with Crippen molar-refractivity contribution in [2.24, 2.45) is 0 Å². The number of nitrogens with one attached hydrogen (secondary N) is 1. The minimum Gasteiger partial charge on any atom is -0.495 e. The molecular weight excluding hydrogens is 493 g/mol. The Balaban J connectivity index is 1.96. The second kappa shape index (κ2) is 9.94. The van der Waals surface area contributed by atoms with Crippen molar-refractivity contribution in [2.75, 3.05) is 23.3 Å². The summed E-state index contributed by atoms with van der Waals surface area (Å²) in [4.78, 5) is 12.7. The molecule has 0 unspecified atom stereocenters. The van der Waals surface area contributed by atoms with Crippen molar-refractivity contribution in [3.63, 3.8) is 0 Å². The number of aryl methyl sites for hydroxylation is 1. The summed E-state index contributed by atoms with van der Waals surface area (Å²) in [5, 5.41) is 2.44. The van der Waals surface area contributed by atoms with E-state index in [-0.39, 0.29) is 21.3 Å². The van der Waals surface area contributed by atoms with E-state index in [1.54, 1.807) is 19.1 Å². The lowest BCUT2D eigenvalue weighted by Crippen LogP contribution is -2.38. The fourth-order valence-electron chi connectivity index (χ4n) is 3.07. The van der Waals surface area contributed by atoms with E-state index in [0.29, 0.717) is 5.75 Å². The van der Waals surface area contributed by atoms with E-state index in [9.17, 15) is 26.4 Å². The molecule has 0 saturated carbocycles. The molecule has 1 amide bonds. The minimum absolute atomic E-state index is 0.0723. The van der Waals surface area contributed by atoms with Crippen molar-refractivity contribution in [2.45, 2.75) is 18.0 Å². The van der Waals surface area contributed by atoms with Crippen molar-refractivity contribution in [1.82, 2.24) is 0 Å². The van der Waals surface area contributed by atoms with Gasteiger partial charge in [-0.25, -0.2) is 8.42 Å². The highest BCUT2D eigenvalue weighted by Crippen LogP contribution is 2.33. The summed E-state index contributed by atoms with van der Waals surface area (Å²) in [6.07, 6.45) is -4.60. The Labute approximate surface area is 200 Å². The number of amides is 1. The van der Waals surface area contributed by atoms with Gasteiger partial charge >= 0.3 is 6.18 Å². The second-order valence-corrected chi connectivity index (χ2v) is 9.54. The topological polar surface area (TPSA) is 75.7 Å². The van der Waals surface area contributed by atoms with Crippen molar-refractivity contribution < 1.29 is 31.1 Å². The van der Waals surface area contributed by atoms with Crippen LogP contribution in [0.5, 0.6) is 5.75 Å². The van der Waals surface area contributed by atoms with Gasteiger partial charge in [-0.3, -0.25) is 9.10 Å². The summed E-state index contributed by atoms with van der Waals surface area (Å²) >= 11 is 6.16. The van der Waals surface area contributed by atoms with Crippen molar-refractivity contribution in [1.29, 1.82) is 0 Å². The Morgan fingerprint density at radius 1 is 1.06 bits per heavy atom. The molecule has 0 aliphatic carbocycles. The quantitative estimate of drug-likeness (QED) is 0.453. The summed E-state index contributed by atoms with van der Waals surface area (Å²) in [6, 6.07) is 14.2. The molecule has 180 valence electrons. The predicted octanol–water partition coefficient (Wildman–Crippen LogP) is 5.51. The SMILES string of the molecule is COc1ccc(N(CC(=O)Nc2cccc(C(F)(F)F)c2)S(=O)(=O)c2ccc(C)cc2)cc1Cl. The molecule has 0 aromatic heterocycles. The van der Waals surface area contributed by atoms with Crippen LogP contribution in [0, 0.1) is 6.92 Å². The number of sulfonamides is 1. The lowest BCUT2D eigenvalue weighted by atomic mass is 10.2. The zero-order valence-electron chi connectivity index (χ0n) is 18.1. The van der Waals surface area contributed by atoms with Crippen LogP contribution in [0.1, 0.15) is 11.1 Å². The van der Waals surface area contributed by atoms with Gasteiger partial charge in [0.1, 0.15) is 12.3 Å². The van der Waals surface area contributed by atoms with Gasteiger partial charge in [0, 0.05) is 5.69 Å². The van der Waals surface area contributed by atoms with Gasteiger partial charge in [-0.1, -0.05) is 35.4 Å². The zero-order chi connectivity index (χ0) is 25.1. The van der Waals surface area contributed by atoms with Crippen LogP contribution < -0.4 is 14.4 Å². The lowest BCUT2D eigenvalue weighted by molar-refractivity contribution is -0.137. The molecule has 0 bridgehead atoms. The van der Waals surface area contributed by atoms with E-state index < -0.39 is 34.2 Å². The molecule has 1 N–H and O–H groups in total. The van der Waals surface area contributed by atoms with Gasteiger partial charge in [-0.15, -0.1) is 0 Å². The maximum absolute atomic E-state index is 13.4. The molecule has 3 aromatic carbocycles. The molecule has 0 fully saturated rings. The molecule has 34 heavy (non-hydrogen) atoms. The maximum atomic E-state index is 13.4. The second-order valence-electron chi connectivity index (χ2n) is 7.27. The van der Waals surface area contributed by atoms with Gasteiger partial charge in [-0.2, -0.15) is 13.2 Å². The molecule has 3 rings (SSSR count). The van der Waals surface area contributed by atoms with Gasteiger partial charge in [0.2, 0.25) is 5.91 Å². The summed E-state index contributed by atoms with van der Waals surface area (Å²) in [5.74, 6) is -0.548. The van der Waals surface area contributed by atoms with Crippen LogP contribution in [0.25, 0.3) is 0 Å². The summed E-state index contributed by atoms with van der Waals surface area (Å²) < 4.78 is 71.7. The summed E-state index contributed by atoms with van der Waals surface area (Å²) in [6.45, 7) is 1.08. The Morgan fingerprint density at radius 3 is 2.32 bits per heavy atom.